The van der Waals surface area contributed by atoms with Gasteiger partial charge in [-0.3, -0.25) is 9.59 Å². The van der Waals surface area contributed by atoms with Crippen LogP contribution < -0.4 is 10.2 Å². The monoisotopic (exact) mass is 484 g/mol. The molecule has 3 heterocycles. The number of nitrogens with zero attached hydrogens (tertiary/aromatic N) is 7. The largest absolute Gasteiger partial charge is 0.391 e. The molecule has 3 atom stereocenters. The Balaban J connectivity index is 1.51. The molecule has 1 saturated carbocycles. The number of aliphatic hydroxyl groups excluding tert-OH is 1. The van der Waals surface area contributed by atoms with Crippen molar-refractivity contribution in [1.29, 1.82) is 0 Å². The van der Waals surface area contributed by atoms with Gasteiger partial charge in [-0.25, -0.2) is 14.6 Å². The molecule has 0 spiro atoms. The predicted octanol–water partition coefficient (Wildman–Crippen LogP) is 1.19. The molecule has 2 fully saturated rings. The number of aliphatic hydroxyl groups is 1. The average molecular weight is 485 g/mol. The van der Waals surface area contributed by atoms with E-state index in [4.69, 9.17) is 0 Å². The maximum absolute atomic E-state index is 13.8. The Morgan fingerprint density at radius 3 is 2.60 bits per heavy atom. The highest BCUT2D eigenvalue weighted by atomic mass is 16.3. The van der Waals surface area contributed by atoms with Crippen LogP contribution >= 0.6 is 0 Å². The van der Waals surface area contributed by atoms with Gasteiger partial charge in [0.05, 0.1) is 24.0 Å². The van der Waals surface area contributed by atoms with Crippen LogP contribution in [0.25, 0.3) is 0 Å². The van der Waals surface area contributed by atoms with Gasteiger partial charge in [-0.05, 0) is 31.2 Å². The SMILES string of the molecule is Cc1cc(CNC(=O)C2CC(O)CN2C(=O)[C@@H](n2cc(C3CC3)nn2)C(C)(C)C)nc(N(C)C)n1. The molecule has 4 rings (SSSR count). The minimum absolute atomic E-state index is 0.102. The van der Waals surface area contributed by atoms with Crippen LogP contribution in [0.5, 0.6) is 0 Å². The van der Waals surface area contributed by atoms with Crippen molar-refractivity contribution in [1.82, 2.24) is 35.2 Å². The van der Waals surface area contributed by atoms with Crippen LogP contribution in [0.2, 0.25) is 0 Å². The number of nitrogens with one attached hydrogen (secondary N) is 1. The fraction of sp³-hybridized carbons (Fsp3) is 0.667. The molecule has 2 amide bonds. The zero-order valence-corrected chi connectivity index (χ0v) is 21.4. The number of carbonyl (C=O) groups excluding carboxylic acids is 2. The minimum atomic E-state index is -0.773. The highest BCUT2D eigenvalue weighted by Crippen LogP contribution is 2.40. The molecule has 1 aliphatic heterocycles. The topological polar surface area (TPSA) is 129 Å². The zero-order valence-electron chi connectivity index (χ0n) is 21.4. The first-order valence-corrected chi connectivity index (χ1v) is 12.1. The summed E-state index contributed by atoms with van der Waals surface area (Å²) in [4.78, 5) is 39.1. The van der Waals surface area contributed by atoms with Gasteiger partial charge in [0.2, 0.25) is 17.8 Å². The van der Waals surface area contributed by atoms with E-state index in [1.807, 2.05) is 54.1 Å². The highest BCUT2D eigenvalue weighted by molar-refractivity contribution is 5.90. The molecule has 1 saturated heterocycles. The Morgan fingerprint density at radius 2 is 1.97 bits per heavy atom. The number of carbonyl (C=O) groups is 2. The lowest BCUT2D eigenvalue weighted by molar-refractivity contribution is -0.144. The highest BCUT2D eigenvalue weighted by Gasteiger charge is 2.45. The fourth-order valence-corrected chi connectivity index (χ4v) is 4.53. The summed E-state index contributed by atoms with van der Waals surface area (Å²) in [5.41, 5.74) is 1.91. The number of β-amino-alcohol motifs (C(OH)–C–C–N with tert-alkyl or cyclic N) is 1. The van der Waals surface area contributed by atoms with Crippen molar-refractivity contribution < 1.29 is 14.7 Å². The summed E-state index contributed by atoms with van der Waals surface area (Å²) in [7, 11) is 3.71. The lowest BCUT2D eigenvalue weighted by Crippen LogP contribution is -2.50. The van der Waals surface area contributed by atoms with Gasteiger partial charge in [-0.2, -0.15) is 0 Å². The van der Waals surface area contributed by atoms with Gasteiger partial charge in [-0.15, -0.1) is 5.10 Å². The van der Waals surface area contributed by atoms with Crippen LogP contribution in [0.3, 0.4) is 0 Å². The maximum atomic E-state index is 13.8. The molecule has 35 heavy (non-hydrogen) atoms. The van der Waals surface area contributed by atoms with Gasteiger partial charge in [-0.1, -0.05) is 26.0 Å². The molecule has 0 aromatic carbocycles. The van der Waals surface area contributed by atoms with E-state index >= 15 is 0 Å². The second kappa shape index (κ2) is 9.52. The Hall–Kier alpha value is -3.08. The van der Waals surface area contributed by atoms with Crippen molar-refractivity contribution >= 4 is 17.8 Å². The Morgan fingerprint density at radius 1 is 1.26 bits per heavy atom. The van der Waals surface area contributed by atoms with Crippen molar-refractivity contribution in [2.24, 2.45) is 5.41 Å². The first-order chi connectivity index (χ1) is 16.4. The number of likely N-dealkylation sites (tertiary alicyclic amines) is 1. The van der Waals surface area contributed by atoms with E-state index in [9.17, 15) is 14.7 Å². The first kappa shape index (κ1) is 25.0. The normalized spacial score (nSPS) is 21.2. The smallest absolute Gasteiger partial charge is 0.248 e. The summed E-state index contributed by atoms with van der Waals surface area (Å²) >= 11 is 0. The molecular weight excluding hydrogens is 448 g/mol. The van der Waals surface area contributed by atoms with Gasteiger partial charge in [0.25, 0.3) is 0 Å². The number of aryl methyl sites for hydroxylation is 1. The molecule has 0 radical (unpaired) electrons. The summed E-state index contributed by atoms with van der Waals surface area (Å²) in [6.45, 7) is 8.08. The number of hydrogen-bond donors (Lipinski definition) is 2. The molecule has 2 aliphatic rings. The summed E-state index contributed by atoms with van der Waals surface area (Å²) in [5.74, 6) is 0.426. The minimum Gasteiger partial charge on any atom is -0.391 e. The van der Waals surface area contributed by atoms with E-state index in [-0.39, 0.29) is 31.3 Å². The fourth-order valence-electron chi connectivity index (χ4n) is 4.53. The molecule has 11 heteroatoms. The zero-order chi connectivity index (χ0) is 25.5. The van der Waals surface area contributed by atoms with Gasteiger partial charge in [0.15, 0.2) is 0 Å². The number of aromatic nitrogens is 5. The predicted molar refractivity (Wildman–Crippen MR) is 130 cm³/mol. The molecule has 1 aliphatic carbocycles. The summed E-state index contributed by atoms with van der Waals surface area (Å²) in [6.07, 6.45) is 3.46. The summed E-state index contributed by atoms with van der Waals surface area (Å²) in [6, 6.07) is 0.401. The number of rotatable bonds is 7. The molecule has 2 aromatic rings. The van der Waals surface area contributed by atoms with Gasteiger partial charge in [0.1, 0.15) is 12.1 Å². The Kier molecular flexibility index (Phi) is 6.81. The summed E-state index contributed by atoms with van der Waals surface area (Å²) < 4.78 is 1.63. The number of hydrogen-bond acceptors (Lipinski definition) is 8. The van der Waals surface area contributed by atoms with Gasteiger partial charge in [0, 0.05) is 44.9 Å². The molecule has 2 N–H and O–H groups in total. The van der Waals surface area contributed by atoms with Crippen LogP contribution in [0.4, 0.5) is 5.95 Å². The molecule has 2 unspecified atom stereocenters. The van der Waals surface area contributed by atoms with Crippen molar-refractivity contribution in [3.63, 3.8) is 0 Å². The molecule has 0 bridgehead atoms. The van der Waals surface area contributed by atoms with E-state index in [1.165, 1.54) is 4.90 Å². The van der Waals surface area contributed by atoms with Gasteiger partial charge >= 0.3 is 0 Å². The molecular formula is C24H36N8O3. The third kappa shape index (κ3) is 5.61. The number of amides is 2. The first-order valence-electron chi connectivity index (χ1n) is 12.1. The van der Waals surface area contributed by atoms with Crippen LogP contribution in [-0.2, 0) is 16.1 Å². The van der Waals surface area contributed by atoms with Crippen molar-refractivity contribution in [2.75, 3.05) is 25.5 Å². The van der Waals surface area contributed by atoms with Crippen LogP contribution in [0.15, 0.2) is 12.3 Å². The quantitative estimate of drug-likeness (QED) is 0.599. The third-order valence-electron chi connectivity index (χ3n) is 6.45. The lowest BCUT2D eigenvalue weighted by atomic mass is 9.85. The third-order valence-corrected chi connectivity index (χ3v) is 6.45. The van der Waals surface area contributed by atoms with E-state index in [0.717, 1.165) is 24.2 Å². The Bertz CT molecular complexity index is 1090. The standard InChI is InChI=1S/C24H36N8O3/c1-14-9-16(27-23(26-14)30(5)6)11-25-21(34)19-10-17(33)12-31(19)22(35)20(24(2,3)4)32-13-18(28-29-32)15-7-8-15/h9,13,15,17,19-20,33H,7-8,10-12H2,1-6H3,(H,25,34)/t17?,19?,20-/m1/s1. The van der Waals surface area contributed by atoms with Crippen molar-refractivity contribution in [2.45, 2.75) is 77.6 Å². The molecule has 190 valence electrons. The van der Waals surface area contributed by atoms with Gasteiger partial charge < -0.3 is 20.2 Å². The van der Waals surface area contributed by atoms with Crippen molar-refractivity contribution in [3.05, 3.63) is 29.3 Å². The second-order valence-electron chi connectivity index (χ2n) is 11.0. The van der Waals surface area contributed by atoms with Crippen LogP contribution in [0, 0.1) is 12.3 Å². The van der Waals surface area contributed by atoms with E-state index < -0.39 is 23.6 Å². The lowest BCUT2D eigenvalue weighted by Gasteiger charge is -2.34. The van der Waals surface area contributed by atoms with Crippen molar-refractivity contribution in [3.8, 4) is 0 Å². The maximum Gasteiger partial charge on any atom is 0.248 e. The summed E-state index contributed by atoms with van der Waals surface area (Å²) in [5, 5.41) is 21.8. The second-order valence-corrected chi connectivity index (χ2v) is 11.0. The van der Waals surface area contributed by atoms with E-state index in [0.29, 0.717) is 17.6 Å². The Labute approximate surface area is 205 Å². The average Bonchev–Trinajstić information content (AvgIpc) is 3.38. The van der Waals surface area contributed by atoms with Crippen LogP contribution in [0.1, 0.15) is 69.1 Å². The van der Waals surface area contributed by atoms with E-state index in [2.05, 4.69) is 25.6 Å². The molecule has 2 aromatic heterocycles. The van der Waals surface area contributed by atoms with E-state index in [1.54, 1.807) is 9.58 Å². The van der Waals surface area contributed by atoms with Crippen LogP contribution in [-0.4, -0.2) is 79.6 Å². The molecule has 11 nitrogen and oxygen atoms in total. The number of anilines is 1.